The molecule has 22 heteroatoms. The largest absolute Gasteiger partial charge is 0.435 e. The fourth-order valence-corrected chi connectivity index (χ4v) is 10.1. The number of nitrogens with one attached hydrogen (secondary N) is 2. The van der Waals surface area contributed by atoms with Crippen LogP contribution in [0.2, 0.25) is 0 Å². The molecule has 13 nitrogen and oxygen atoms in total. The molecule has 2 unspecified atom stereocenters. The maximum Gasteiger partial charge on any atom is 0.435 e. The summed E-state index contributed by atoms with van der Waals surface area (Å²) in [5, 5.41) is 22.1. The van der Waals surface area contributed by atoms with Crippen molar-refractivity contribution in [1.29, 1.82) is 0 Å². The number of carbonyl (C=O) groups excluding carboxylic acids is 1. The van der Waals surface area contributed by atoms with E-state index < -0.39 is 86.6 Å². The highest BCUT2D eigenvalue weighted by Gasteiger charge is 2.68. The summed E-state index contributed by atoms with van der Waals surface area (Å²) in [4.78, 5) is 25.8. The van der Waals surface area contributed by atoms with E-state index in [9.17, 15) is 40.3 Å². The molecule has 61 heavy (non-hydrogen) atoms. The van der Waals surface area contributed by atoms with Crippen LogP contribution in [0.3, 0.4) is 0 Å². The Bertz CT molecular complexity index is 2860. The van der Waals surface area contributed by atoms with Gasteiger partial charge in [0.15, 0.2) is 22.3 Å². The van der Waals surface area contributed by atoms with Gasteiger partial charge in [-0.2, -0.15) is 37.1 Å². The smallest absolute Gasteiger partial charge is 0.390 e. The lowest BCUT2D eigenvalue weighted by Crippen LogP contribution is -2.42. The van der Waals surface area contributed by atoms with E-state index in [-0.39, 0.29) is 35.6 Å². The molecular formula is C39H36F7N9O4S2. The van der Waals surface area contributed by atoms with Gasteiger partial charge in [-0.1, -0.05) is 23.5 Å². The first-order valence-corrected chi connectivity index (χ1v) is 21.8. The van der Waals surface area contributed by atoms with E-state index in [4.69, 9.17) is 9.97 Å². The molecule has 3 aliphatic rings. The molecule has 2 fully saturated rings. The van der Waals surface area contributed by atoms with Gasteiger partial charge in [-0.05, 0) is 68.4 Å². The number of hydrogen-bond donors (Lipinski definition) is 3. The van der Waals surface area contributed by atoms with Crippen LogP contribution in [0.25, 0.3) is 32.4 Å². The maximum absolute atomic E-state index is 15.5. The Balaban J connectivity index is 1.19. The van der Waals surface area contributed by atoms with Crippen LogP contribution in [0.4, 0.5) is 41.7 Å². The normalized spacial score (nSPS) is 19.9. The number of nitrogens with zero attached hydrogens (tertiary/aromatic N) is 7. The maximum atomic E-state index is 15.5. The second-order valence-corrected chi connectivity index (χ2v) is 19.0. The number of piperidine rings is 1. The average molecular weight is 892 g/mol. The minimum Gasteiger partial charge on any atom is -0.390 e. The number of pyridine rings is 1. The zero-order chi connectivity index (χ0) is 43.6. The number of rotatable bonds is 10. The summed E-state index contributed by atoms with van der Waals surface area (Å²) in [6.45, 7) is 1.65. The predicted octanol–water partition coefficient (Wildman–Crippen LogP) is 6.77. The van der Waals surface area contributed by atoms with E-state index in [1.165, 1.54) is 16.0 Å². The number of aliphatic hydroxyl groups is 1. The summed E-state index contributed by atoms with van der Waals surface area (Å²) in [6, 6.07) is 8.06. The first-order valence-electron chi connectivity index (χ1n) is 19.1. The van der Waals surface area contributed by atoms with Crippen molar-refractivity contribution in [3.8, 4) is 11.1 Å². The zero-order valence-corrected chi connectivity index (χ0v) is 34.1. The van der Waals surface area contributed by atoms with Gasteiger partial charge < -0.3 is 15.3 Å². The van der Waals surface area contributed by atoms with Gasteiger partial charge in [-0.25, -0.2) is 22.2 Å². The van der Waals surface area contributed by atoms with Crippen LogP contribution in [0, 0.1) is 17.6 Å². The molecule has 9 rings (SSSR count). The second-order valence-electron chi connectivity index (χ2n) is 16.2. The quantitative estimate of drug-likeness (QED) is 0.126. The summed E-state index contributed by atoms with van der Waals surface area (Å²) >= 11 is 1.29. The molecule has 2 aromatic carbocycles. The second kappa shape index (κ2) is 14.1. The van der Waals surface area contributed by atoms with Crippen LogP contribution in [-0.4, -0.2) is 73.9 Å². The van der Waals surface area contributed by atoms with Crippen molar-refractivity contribution in [2.75, 3.05) is 29.0 Å². The van der Waals surface area contributed by atoms with Crippen LogP contribution in [0.5, 0.6) is 0 Å². The van der Waals surface area contributed by atoms with E-state index in [2.05, 4.69) is 20.2 Å². The number of amides is 1. The minimum absolute atomic E-state index is 0.0120. The number of fused-ring (bicyclic) bond motifs is 5. The Kier molecular flexibility index (Phi) is 9.48. The first kappa shape index (κ1) is 41.0. The highest BCUT2D eigenvalue weighted by molar-refractivity contribution is 7.92. The average Bonchev–Trinajstić information content (AvgIpc) is 3.41. The molecule has 3 atom stereocenters. The predicted molar refractivity (Wildman–Crippen MR) is 211 cm³/mol. The number of halogens is 7. The summed E-state index contributed by atoms with van der Waals surface area (Å²) in [6.07, 6.45) is -3.66. The van der Waals surface area contributed by atoms with Crippen LogP contribution in [-0.2, 0) is 46.9 Å². The van der Waals surface area contributed by atoms with Gasteiger partial charge in [0.05, 0.1) is 33.8 Å². The number of alkyl halides is 5. The van der Waals surface area contributed by atoms with Gasteiger partial charge in [0.1, 0.15) is 23.9 Å². The van der Waals surface area contributed by atoms with Crippen LogP contribution in [0.1, 0.15) is 66.4 Å². The molecule has 0 spiro atoms. The molecule has 1 saturated carbocycles. The van der Waals surface area contributed by atoms with Gasteiger partial charge in [-0.3, -0.25) is 18.9 Å². The lowest BCUT2D eigenvalue weighted by atomic mass is 9.94. The highest BCUT2D eigenvalue weighted by atomic mass is 32.2. The number of aryl methyl sites for hydroxylation is 1. The molecule has 1 saturated heterocycles. The van der Waals surface area contributed by atoms with E-state index in [0.29, 0.717) is 68.5 Å². The van der Waals surface area contributed by atoms with Gasteiger partial charge in [0, 0.05) is 54.2 Å². The van der Waals surface area contributed by atoms with Gasteiger partial charge in [-0.15, -0.1) is 0 Å². The van der Waals surface area contributed by atoms with Crippen molar-refractivity contribution >= 4 is 59.5 Å². The molecule has 1 aliphatic heterocycles. The number of para-hydroxylation sites is 1. The topological polar surface area (TPSA) is 160 Å². The first-order chi connectivity index (χ1) is 28.6. The molecule has 2 aliphatic carbocycles. The number of carbonyl (C=O) groups is 1. The molecule has 322 valence electrons. The Morgan fingerprint density at radius 3 is 2.43 bits per heavy atom. The Hall–Kier alpha value is -5.35. The third-order valence-electron chi connectivity index (χ3n) is 11.5. The third kappa shape index (κ3) is 7.55. The summed E-state index contributed by atoms with van der Waals surface area (Å²) in [5.41, 5.74) is -2.46. The van der Waals surface area contributed by atoms with Gasteiger partial charge in [0.25, 0.3) is 5.92 Å². The Morgan fingerprint density at radius 1 is 1.05 bits per heavy atom. The fraction of sp³-hybridized carbons (Fsp3) is 0.410. The van der Waals surface area contributed by atoms with Crippen LogP contribution in [0.15, 0.2) is 42.5 Å². The molecule has 0 radical (unpaired) electrons. The number of sulfonamides is 1. The standard InChI is InChI=1S/C39H36F7N9O4S2/c1-37(57)7-9-54(10-8-37)36-49-35-27(60-36)16-23(21-5-4-6-22-31(21)53(2)51-34(22)52-61(3,58)59)30(48-35)26(13-18-11-19(40)14-20(41)12-18)47-28(56)17-55-33-29(32(50-55)39(44,45)46)24-15-25(24)38(33,42)43/h4-6,11-12,14,16,24-26,57H,7-10,13,15,17H2,1-3H3,(H,47,56)(H,51,52)/t24-,25?,26?/m0/s1. The number of hydrogen-bond acceptors (Lipinski definition) is 10. The molecule has 0 bridgehead atoms. The van der Waals surface area contributed by atoms with E-state index >= 15 is 8.78 Å². The van der Waals surface area contributed by atoms with Gasteiger partial charge in [0.2, 0.25) is 15.9 Å². The van der Waals surface area contributed by atoms with Crippen LogP contribution < -0.4 is 14.9 Å². The lowest BCUT2D eigenvalue weighted by molar-refractivity contribution is -0.142. The van der Waals surface area contributed by atoms with Gasteiger partial charge >= 0.3 is 6.18 Å². The summed E-state index contributed by atoms with van der Waals surface area (Å²) in [7, 11) is -2.21. The van der Waals surface area contributed by atoms with Crippen molar-refractivity contribution in [2.24, 2.45) is 13.0 Å². The highest BCUT2D eigenvalue weighted by Crippen LogP contribution is 2.68. The van der Waals surface area contributed by atoms with Crippen molar-refractivity contribution in [1.82, 2.24) is 34.8 Å². The molecular weight excluding hydrogens is 856 g/mol. The van der Waals surface area contributed by atoms with Crippen molar-refractivity contribution in [3.63, 3.8) is 0 Å². The monoisotopic (exact) mass is 891 g/mol. The SMILES string of the molecule is Cn1nc(NS(C)(=O)=O)c2cccc(-c3cc4sc(N5CCC(C)(O)CC5)nc4nc3C(Cc3cc(F)cc(F)c3)NC(=O)Cn3nc(C(F)(F)F)c4c3C(F)(F)C3C[C@H]43)c21. The van der Waals surface area contributed by atoms with Crippen LogP contribution >= 0.6 is 11.3 Å². The molecule has 3 N–H and O–H groups in total. The number of thiazole rings is 1. The molecule has 5 heterocycles. The summed E-state index contributed by atoms with van der Waals surface area (Å²) < 4.78 is 132. The van der Waals surface area contributed by atoms with Crippen molar-refractivity contribution < 1.29 is 49.1 Å². The molecule has 1 amide bonds. The molecule has 4 aromatic heterocycles. The zero-order valence-electron chi connectivity index (χ0n) is 32.5. The third-order valence-corrected chi connectivity index (χ3v) is 13.1. The van der Waals surface area contributed by atoms with E-state index in [1.54, 1.807) is 38.2 Å². The summed E-state index contributed by atoms with van der Waals surface area (Å²) in [5.74, 6) is -8.97. The Morgan fingerprint density at radius 2 is 1.75 bits per heavy atom. The number of anilines is 2. The number of aromatic nitrogens is 6. The minimum atomic E-state index is -5.07. The molecule has 6 aromatic rings. The lowest BCUT2D eigenvalue weighted by Gasteiger charge is -2.35. The van der Waals surface area contributed by atoms with Crippen molar-refractivity contribution in [3.05, 3.63) is 82.3 Å². The number of benzene rings is 2. The van der Waals surface area contributed by atoms with Crippen molar-refractivity contribution in [2.45, 2.75) is 68.8 Å². The van der Waals surface area contributed by atoms with E-state index in [1.807, 2.05) is 4.90 Å². The van der Waals surface area contributed by atoms with E-state index in [0.717, 1.165) is 18.4 Å². The Labute approximate surface area is 346 Å². The fourth-order valence-electron chi connectivity index (χ4n) is 8.62.